The van der Waals surface area contributed by atoms with Crippen molar-refractivity contribution >= 4 is 43.0 Å². The van der Waals surface area contributed by atoms with Gasteiger partial charge in [-0.05, 0) is 103 Å². The summed E-state index contributed by atoms with van der Waals surface area (Å²) in [5.74, 6) is 0.216. The van der Waals surface area contributed by atoms with E-state index in [0.717, 1.165) is 17.4 Å². The van der Waals surface area contributed by atoms with Crippen molar-refractivity contribution in [1.29, 1.82) is 0 Å². The molecule has 4 rings (SSSR count). The van der Waals surface area contributed by atoms with Crippen LogP contribution < -0.4 is 19.1 Å². The van der Waals surface area contributed by atoms with Crippen molar-refractivity contribution in [3.05, 3.63) is 113 Å². The summed E-state index contributed by atoms with van der Waals surface area (Å²) in [6, 6.07) is 24.4. The first-order valence-electron chi connectivity index (χ1n) is 12.6. The monoisotopic (exact) mass is 593 g/mol. The van der Waals surface area contributed by atoms with E-state index >= 15 is 0 Å². The van der Waals surface area contributed by atoms with Crippen molar-refractivity contribution in [3.63, 3.8) is 0 Å². The van der Waals surface area contributed by atoms with Crippen LogP contribution in [0.1, 0.15) is 27.0 Å². The lowest BCUT2D eigenvalue weighted by molar-refractivity contribution is 0.102. The summed E-state index contributed by atoms with van der Waals surface area (Å²) >= 11 is 0. The molecular weight excluding hydrogens is 562 g/mol. The summed E-state index contributed by atoms with van der Waals surface area (Å²) in [5.41, 5.74) is 4.51. The van der Waals surface area contributed by atoms with E-state index in [4.69, 9.17) is 4.74 Å². The number of nitrogens with one attached hydrogen (secondary N) is 2. The zero-order valence-corrected chi connectivity index (χ0v) is 24.7. The molecule has 41 heavy (non-hydrogen) atoms. The van der Waals surface area contributed by atoms with Gasteiger partial charge in [-0.15, -0.1) is 0 Å². The fourth-order valence-corrected chi connectivity index (χ4v) is 5.94. The van der Waals surface area contributed by atoms with Crippen LogP contribution in [0.5, 0.6) is 5.75 Å². The predicted octanol–water partition coefficient (Wildman–Crippen LogP) is 5.33. The van der Waals surface area contributed by atoms with E-state index in [1.807, 2.05) is 26.0 Å². The van der Waals surface area contributed by atoms with Crippen molar-refractivity contribution in [2.45, 2.75) is 25.3 Å². The van der Waals surface area contributed by atoms with Crippen LogP contribution in [0.3, 0.4) is 0 Å². The first kappa shape index (κ1) is 29.6. The van der Waals surface area contributed by atoms with Crippen LogP contribution in [0.2, 0.25) is 0 Å². The van der Waals surface area contributed by atoms with Crippen LogP contribution in [0.25, 0.3) is 0 Å². The minimum absolute atomic E-state index is 0.0369. The van der Waals surface area contributed by atoms with Gasteiger partial charge in [0.25, 0.3) is 15.9 Å². The molecule has 0 fully saturated rings. The second-order valence-electron chi connectivity index (χ2n) is 9.55. The van der Waals surface area contributed by atoms with Crippen LogP contribution >= 0.6 is 0 Å². The van der Waals surface area contributed by atoms with Crippen LogP contribution in [0.15, 0.2) is 95.9 Å². The Labute approximate surface area is 240 Å². The zero-order valence-electron chi connectivity index (χ0n) is 23.1. The lowest BCUT2D eigenvalue weighted by Crippen LogP contribution is -2.29. The molecule has 4 aromatic carbocycles. The summed E-state index contributed by atoms with van der Waals surface area (Å²) in [6.45, 7) is 4.01. The normalized spacial score (nSPS) is 11.5. The summed E-state index contributed by atoms with van der Waals surface area (Å²) in [6.07, 6.45) is 1.16. The molecule has 0 spiro atoms. The van der Waals surface area contributed by atoms with E-state index in [2.05, 4.69) is 10.0 Å². The third kappa shape index (κ3) is 7.44. The van der Waals surface area contributed by atoms with Crippen LogP contribution in [0.4, 0.5) is 17.1 Å². The van der Waals surface area contributed by atoms with Gasteiger partial charge in [-0.3, -0.25) is 13.8 Å². The number of nitrogens with zero attached hydrogens (tertiary/aromatic N) is 1. The highest BCUT2D eigenvalue weighted by molar-refractivity contribution is 7.92. The predicted molar refractivity (Wildman–Crippen MR) is 162 cm³/mol. The van der Waals surface area contributed by atoms with Crippen LogP contribution in [0, 0.1) is 13.8 Å². The number of rotatable bonds is 10. The molecule has 0 aliphatic carbocycles. The quantitative estimate of drug-likeness (QED) is 0.256. The first-order valence-corrected chi connectivity index (χ1v) is 15.9. The molecule has 0 saturated heterocycles. The molecule has 2 N–H and O–H groups in total. The molecule has 9 nitrogen and oxygen atoms in total. The minimum atomic E-state index is -3.83. The summed E-state index contributed by atoms with van der Waals surface area (Å²) < 4.78 is 59.4. The van der Waals surface area contributed by atoms with Crippen molar-refractivity contribution < 1.29 is 26.4 Å². The number of hydrogen-bond acceptors (Lipinski definition) is 6. The number of anilines is 3. The fraction of sp³-hybridized carbons (Fsp3) is 0.167. The van der Waals surface area contributed by atoms with E-state index in [1.165, 1.54) is 35.7 Å². The Balaban J connectivity index is 1.42. The van der Waals surface area contributed by atoms with E-state index in [0.29, 0.717) is 33.9 Å². The number of benzene rings is 4. The van der Waals surface area contributed by atoms with Gasteiger partial charge in [-0.25, -0.2) is 16.8 Å². The number of carbonyl (C=O) groups is 1. The largest absolute Gasteiger partial charge is 0.497 e. The Bertz CT molecular complexity index is 1750. The Morgan fingerprint density at radius 2 is 1.39 bits per heavy atom. The second kappa shape index (κ2) is 12.0. The molecule has 0 heterocycles. The average molecular weight is 594 g/mol. The molecule has 0 aromatic heterocycles. The lowest BCUT2D eigenvalue weighted by Gasteiger charge is -2.23. The lowest BCUT2D eigenvalue weighted by atomic mass is 10.1. The van der Waals surface area contributed by atoms with Crippen molar-refractivity contribution in [3.8, 4) is 5.75 Å². The number of ether oxygens (including phenoxy) is 1. The number of aryl methyl sites for hydroxylation is 2. The number of amides is 1. The minimum Gasteiger partial charge on any atom is -0.497 e. The maximum atomic E-state index is 12.8. The SMILES string of the molecule is COc1ccc(NS(=O)(=O)c2ccc(NC(=O)c3ccc(CN(c4ccc(C)c(C)c4)S(C)(=O)=O)cc3)cc2)cc1. The number of sulfonamides is 2. The highest BCUT2D eigenvalue weighted by Crippen LogP contribution is 2.24. The maximum Gasteiger partial charge on any atom is 0.261 e. The molecular formula is C30H31N3O6S2. The number of hydrogen-bond donors (Lipinski definition) is 2. The van der Waals surface area contributed by atoms with Crippen LogP contribution in [-0.2, 0) is 26.6 Å². The van der Waals surface area contributed by atoms with Gasteiger partial charge in [0.1, 0.15) is 5.75 Å². The molecule has 0 aliphatic heterocycles. The number of carbonyl (C=O) groups excluding carboxylic acids is 1. The highest BCUT2D eigenvalue weighted by Gasteiger charge is 2.19. The van der Waals surface area contributed by atoms with Gasteiger partial charge in [0.2, 0.25) is 10.0 Å². The second-order valence-corrected chi connectivity index (χ2v) is 13.1. The molecule has 0 saturated carbocycles. The van der Waals surface area contributed by atoms with Gasteiger partial charge >= 0.3 is 0 Å². The smallest absolute Gasteiger partial charge is 0.261 e. The van der Waals surface area contributed by atoms with E-state index < -0.39 is 26.0 Å². The molecule has 0 bridgehead atoms. The molecule has 0 radical (unpaired) electrons. The van der Waals surface area contributed by atoms with Gasteiger partial charge in [-0.1, -0.05) is 18.2 Å². The van der Waals surface area contributed by atoms with Gasteiger partial charge in [-0.2, -0.15) is 0 Å². The Morgan fingerprint density at radius 1 is 0.780 bits per heavy atom. The van der Waals surface area contributed by atoms with Gasteiger partial charge < -0.3 is 10.1 Å². The molecule has 0 unspecified atom stereocenters. The highest BCUT2D eigenvalue weighted by atomic mass is 32.2. The molecule has 0 aliphatic rings. The van der Waals surface area contributed by atoms with E-state index in [9.17, 15) is 21.6 Å². The topological polar surface area (TPSA) is 122 Å². The summed E-state index contributed by atoms with van der Waals surface area (Å²) in [5, 5.41) is 2.75. The standard InChI is InChI=1S/C30H31N3O6S2/c1-21-5-14-27(19-22(21)2)33(40(4,35)36)20-23-6-8-24(9-7-23)30(34)31-25-12-17-29(18-13-25)41(37,38)32-26-10-15-28(39-3)16-11-26/h5-19,32H,20H2,1-4H3,(H,31,34). The molecule has 4 aromatic rings. The van der Waals surface area contributed by atoms with E-state index in [-0.39, 0.29) is 11.4 Å². The van der Waals surface area contributed by atoms with Gasteiger partial charge in [0.15, 0.2) is 0 Å². The molecule has 1 amide bonds. The van der Waals surface area contributed by atoms with E-state index in [1.54, 1.807) is 54.6 Å². The fourth-order valence-electron chi connectivity index (χ4n) is 4.00. The molecule has 11 heteroatoms. The Kier molecular flexibility index (Phi) is 8.69. The van der Waals surface area contributed by atoms with Crippen molar-refractivity contribution in [2.24, 2.45) is 0 Å². The Hall–Kier alpha value is -4.35. The van der Waals surface area contributed by atoms with Crippen molar-refractivity contribution in [2.75, 3.05) is 27.7 Å². The third-order valence-corrected chi connectivity index (χ3v) is 9.02. The molecule has 0 atom stereocenters. The van der Waals surface area contributed by atoms with Crippen LogP contribution in [-0.4, -0.2) is 36.1 Å². The summed E-state index contributed by atoms with van der Waals surface area (Å²) in [4.78, 5) is 12.9. The van der Waals surface area contributed by atoms with Gasteiger partial charge in [0.05, 0.1) is 30.5 Å². The van der Waals surface area contributed by atoms with Gasteiger partial charge in [0, 0.05) is 16.9 Å². The zero-order chi connectivity index (χ0) is 29.8. The summed E-state index contributed by atoms with van der Waals surface area (Å²) in [7, 11) is -5.85. The number of methoxy groups -OCH3 is 1. The van der Waals surface area contributed by atoms with Crippen molar-refractivity contribution in [1.82, 2.24) is 0 Å². The first-order chi connectivity index (χ1) is 19.4. The Morgan fingerprint density at radius 3 is 1.95 bits per heavy atom. The molecule has 214 valence electrons. The maximum absolute atomic E-state index is 12.8. The third-order valence-electron chi connectivity index (χ3n) is 6.49. The average Bonchev–Trinajstić information content (AvgIpc) is 2.93.